The molecule has 0 aliphatic heterocycles. The lowest BCUT2D eigenvalue weighted by Gasteiger charge is -2.11. The topological polar surface area (TPSA) is 47.3 Å². The number of nitrogens with two attached hydrogens (primary N) is 1. The summed E-state index contributed by atoms with van der Waals surface area (Å²) in [5, 5.41) is 3.20. The van der Waals surface area contributed by atoms with Gasteiger partial charge in [-0.05, 0) is 43.2 Å². The minimum atomic E-state index is -0.213. The molecule has 0 fully saturated rings. The molecule has 0 radical (unpaired) electrons. The van der Waals surface area contributed by atoms with Crippen LogP contribution in [-0.2, 0) is 0 Å². The molecule has 0 aliphatic carbocycles. The Kier molecular flexibility index (Phi) is 4.45. The van der Waals surface area contributed by atoms with Gasteiger partial charge in [0.1, 0.15) is 11.6 Å². The van der Waals surface area contributed by atoms with Crippen LogP contribution in [0.15, 0.2) is 36.4 Å². The highest BCUT2D eigenvalue weighted by molar-refractivity contribution is 5.66. The number of hydrogen-bond acceptors (Lipinski definition) is 3. The van der Waals surface area contributed by atoms with Crippen LogP contribution in [0.5, 0.6) is 5.75 Å². The van der Waals surface area contributed by atoms with E-state index in [4.69, 9.17) is 10.5 Å². The zero-order valence-corrected chi connectivity index (χ0v) is 11.7. The minimum Gasteiger partial charge on any atom is -0.493 e. The molecule has 0 amide bonds. The van der Waals surface area contributed by atoms with E-state index >= 15 is 0 Å². The van der Waals surface area contributed by atoms with Crippen molar-refractivity contribution in [3.8, 4) is 5.75 Å². The molecule has 2 rings (SSSR count). The quantitative estimate of drug-likeness (QED) is 0.801. The second-order valence-corrected chi connectivity index (χ2v) is 4.73. The lowest BCUT2D eigenvalue weighted by Crippen LogP contribution is -1.98. The molecule has 106 valence electrons. The molecule has 3 nitrogen and oxygen atoms in total. The Hall–Kier alpha value is -2.23. The normalized spacial score (nSPS) is 10.3. The van der Waals surface area contributed by atoms with Crippen molar-refractivity contribution in [3.05, 3.63) is 47.8 Å². The summed E-state index contributed by atoms with van der Waals surface area (Å²) < 4.78 is 18.8. The van der Waals surface area contributed by atoms with E-state index in [1.807, 2.05) is 19.1 Å². The van der Waals surface area contributed by atoms with E-state index in [2.05, 4.69) is 5.32 Å². The molecule has 0 bridgehead atoms. The Bertz CT molecular complexity index is 599. The predicted octanol–water partition coefficient (Wildman–Crippen LogP) is 4.25. The molecule has 0 saturated carbocycles. The molecule has 0 saturated heterocycles. The van der Waals surface area contributed by atoms with Gasteiger partial charge in [-0.25, -0.2) is 4.39 Å². The van der Waals surface area contributed by atoms with Crippen LogP contribution in [0.1, 0.15) is 18.9 Å². The number of nitrogens with one attached hydrogen (secondary N) is 1. The first kappa shape index (κ1) is 14.2. The Balaban J connectivity index is 2.19. The second kappa shape index (κ2) is 6.28. The van der Waals surface area contributed by atoms with Gasteiger partial charge in [-0.3, -0.25) is 0 Å². The van der Waals surface area contributed by atoms with E-state index in [1.165, 1.54) is 6.07 Å². The van der Waals surface area contributed by atoms with Gasteiger partial charge in [0.2, 0.25) is 0 Å². The third-order valence-electron chi connectivity index (χ3n) is 2.85. The average molecular weight is 274 g/mol. The Morgan fingerprint density at radius 2 is 1.95 bits per heavy atom. The minimum absolute atomic E-state index is 0.213. The number of aryl methyl sites for hydroxylation is 1. The molecule has 0 aromatic heterocycles. The molecule has 0 heterocycles. The van der Waals surface area contributed by atoms with Crippen molar-refractivity contribution in [2.24, 2.45) is 0 Å². The number of anilines is 3. The largest absolute Gasteiger partial charge is 0.493 e. The molecule has 4 heteroatoms. The summed E-state index contributed by atoms with van der Waals surface area (Å²) in [5.41, 5.74) is 8.72. The Labute approximate surface area is 118 Å². The third kappa shape index (κ3) is 3.63. The number of hydrogen-bond donors (Lipinski definition) is 2. The first-order chi connectivity index (χ1) is 9.58. The van der Waals surface area contributed by atoms with Gasteiger partial charge < -0.3 is 15.8 Å². The van der Waals surface area contributed by atoms with Crippen LogP contribution >= 0.6 is 0 Å². The first-order valence-corrected chi connectivity index (χ1v) is 6.65. The van der Waals surface area contributed by atoms with Crippen molar-refractivity contribution < 1.29 is 9.13 Å². The van der Waals surface area contributed by atoms with Gasteiger partial charge in [0, 0.05) is 29.2 Å². The number of ether oxygens (including phenoxy) is 1. The maximum atomic E-state index is 13.2. The highest BCUT2D eigenvalue weighted by Gasteiger charge is 2.03. The molecular formula is C16H19FN2O. The summed E-state index contributed by atoms with van der Waals surface area (Å²) >= 11 is 0. The summed E-state index contributed by atoms with van der Waals surface area (Å²) in [6.07, 6.45) is 0.939. The molecule has 3 N–H and O–H groups in total. The first-order valence-electron chi connectivity index (χ1n) is 6.65. The fourth-order valence-electron chi connectivity index (χ4n) is 1.89. The summed E-state index contributed by atoms with van der Waals surface area (Å²) in [6, 6.07) is 10.4. The number of benzene rings is 2. The lowest BCUT2D eigenvalue weighted by molar-refractivity contribution is 0.318. The zero-order chi connectivity index (χ0) is 14.5. The molecular weight excluding hydrogens is 255 g/mol. The number of rotatable bonds is 5. The SMILES string of the molecule is CCCOc1cc(N)cc(Nc2ccc(F)c(C)c2)c1. The van der Waals surface area contributed by atoms with E-state index in [1.54, 1.807) is 25.1 Å². The Morgan fingerprint density at radius 3 is 2.65 bits per heavy atom. The van der Waals surface area contributed by atoms with Gasteiger partial charge in [-0.15, -0.1) is 0 Å². The molecule has 0 atom stereocenters. The van der Waals surface area contributed by atoms with Crippen molar-refractivity contribution in [2.45, 2.75) is 20.3 Å². The van der Waals surface area contributed by atoms with Gasteiger partial charge >= 0.3 is 0 Å². The van der Waals surface area contributed by atoms with Crippen molar-refractivity contribution in [1.29, 1.82) is 0 Å². The van der Waals surface area contributed by atoms with Crippen LogP contribution in [0.4, 0.5) is 21.5 Å². The molecule has 2 aromatic carbocycles. The van der Waals surface area contributed by atoms with Crippen molar-refractivity contribution >= 4 is 17.1 Å². The summed E-state index contributed by atoms with van der Waals surface area (Å²) in [4.78, 5) is 0. The highest BCUT2D eigenvalue weighted by Crippen LogP contribution is 2.26. The Morgan fingerprint density at radius 1 is 1.15 bits per heavy atom. The van der Waals surface area contributed by atoms with Crippen LogP contribution in [0.2, 0.25) is 0 Å². The van der Waals surface area contributed by atoms with Crippen molar-refractivity contribution in [2.75, 3.05) is 17.7 Å². The van der Waals surface area contributed by atoms with Crippen molar-refractivity contribution in [1.82, 2.24) is 0 Å². The fraction of sp³-hybridized carbons (Fsp3) is 0.250. The standard InChI is InChI=1S/C16H19FN2O/c1-3-6-20-15-9-12(18)8-14(10-15)19-13-4-5-16(17)11(2)7-13/h4-5,7-10,19H,3,6,18H2,1-2H3. The van der Waals surface area contributed by atoms with E-state index in [-0.39, 0.29) is 5.82 Å². The summed E-state index contributed by atoms with van der Waals surface area (Å²) in [7, 11) is 0. The molecule has 0 unspecified atom stereocenters. The van der Waals surface area contributed by atoms with E-state index in [0.717, 1.165) is 23.5 Å². The maximum absolute atomic E-state index is 13.2. The van der Waals surface area contributed by atoms with Gasteiger partial charge in [-0.1, -0.05) is 6.92 Å². The fourth-order valence-corrected chi connectivity index (χ4v) is 1.89. The van der Waals surface area contributed by atoms with E-state index < -0.39 is 0 Å². The maximum Gasteiger partial charge on any atom is 0.126 e. The third-order valence-corrected chi connectivity index (χ3v) is 2.85. The number of nitrogen functional groups attached to an aromatic ring is 1. The van der Waals surface area contributed by atoms with Crippen LogP contribution < -0.4 is 15.8 Å². The zero-order valence-electron chi connectivity index (χ0n) is 11.7. The lowest BCUT2D eigenvalue weighted by atomic mass is 10.2. The van der Waals surface area contributed by atoms with E-state index in [0.29, 0.717) is 17.9 Å². The van der Waals surface area contributed by atoms with Crippen LogP contribution in [0.25, 0.3) is 0 Å². The molecule has 0 aliphatic rings. The smallest absolute Gasteiger partial charge is 0.126 e. The van der Waals surface area contributed by atoms with Gasteiger partial charge in [0.25, 0.3) is 0 Å². The second-order valence-electron chi connectivity index (χ2n) is 4.73. The summed E-state index contributed by atoms with van der Waals surface area (Å²) in [6.45, 7) is 4.43. The summed E-state index contributed by atoms with van der Waals surface area (Å²) in [5.74, 6) is 0.517. The highest BCUT2D eigenvalue weighted by atomic mass is 19.1. The average Bonchev–Trinajstić information content (AvgIpc) is 2.40. The van der Waals surface area contributed by atoms with Crippen LogP contribution in [0, 0.1) is 12.7 Å². The molecule has 20 heavy (non-hydrogen) atoms. The van der Waals surface area contributed by atoms with Crippen LogP contribution in [-0.4, -0.2) is 6.61 Å². The van der Waals surface area contributed by atoms with E-state index in [9.17, 15) is 4.39 Å². The monoisotopic (exact) mass is 274 g/mol. The predicted molar refractivity (Wildman–Crippen MR) is 81.1 cm³/mol. The van der Waals surface area contributed by atoms with Gasteiger partial charge in [0.05, 0.1) is 6.61 Å². The molecule has 2 aromatic rings. The van der Waals surface area contributed by atoms with Crippen molar-refractivity contribution in [3.63, 3.8) is 0 Å². The van der Waals surface area contributed by atoms with Gasteiger partial charge in [-0.2, -0.15) is 0 Å². The molecule has 0 spiro atoms. The van der Waals surface area contributed by atoms with Crippen LogP contribution in [0.3, 0.4) is 0 Å². The van der Waals surface area contributed by atoms with Gasteiger partial charge in [0.15, 0.2) is 0 Å². The number of halogens is 1.